The number of rotatable bonds is 3. The fraction of sp³-hybridized carbons (Fsp3) is 0.222. The molecule has 1 rings (SSSR count). The number of hydrogen-bond acceptors (Lipinski definition) is 2. The van der Waals surface area contributed by atoms with Gasteiger partial charge in [0.2, 0.25) is 0 Å². The van der Waals surface area contributed by atoms with Gasteiger partial charge in [-0.1, -0.05) is 17.7 Å². The first-order chi connectivity index (χ1) is 7.06. The molecule has 0 heterocycles. The van der Waals surface area contributed by atoms with Gasteiger partial charge in [-0.3, -0.25) is 0 Å². The van der Waals surface area contributed by atoms with Gasteiger partial charge in [0.1, 0.15) is 5.02 Å². The van der Waals surface area contributed by atoms with Crippen LogP contribution in [0.15, 0.2) is 22.7 Å². The summed E-state index contributed by atoms with van der Waals surface area (Å²) in [6, 6.07) is 5.05. The molecule has 0 atom stereocenters. The maximum absolute atomic E-state index is 10.7. The van der Waals surface area contributed by atoms with Crippen LogP contribution in [0.25, 0.3) is 0 Å². The average Bonchev–Trinajstić information content (AvgIpc) is 2.19. The first-order valence-corrected chi connectivity index (χ1v) is 5.35. The minimum atomic E-state index is -1.16. The van der Waals surface area contributed by atoms with Gasteiger partial charge in [-0.25, -0.2) is 4.79 Å². The average molecular weight is 295 g/mol. The zero-order chi connectivity index (χ0) is 11.4. The second-order valence-corrected chi connectivity index (χ2v) is 3.85. The number of hydrogen-bond donors (Lipinski definition) is 1. The molecule has 0 aromatic heterocycles. The molecule has 82 valence electrons. The van der Waals surface area contributed by atoms with E-state index in [9.17, 15) is 4.79 Å². The summed E-state index contributed by atoms with van der Waals surface area (Å²) < 4.78 is 0.656. The summed E-state index contributed by atoms with van der Waals surface area (Å²) in [4.78, 5) is 15.8. The molecule has 0 aliphatic rings. The van der Waals surface area contributed by atoms with E-state index in [1.807, 2.05) is 0 Å². The molecule has 1 N–H and O–H groups in total. The second-order valence-electron chi connectivity index (χ2n) is 2.62. The Kier molecular flexibility index (Phi) is 4.23. The van der Waals surface area contributed by atoms with Crippen molar-refractivity contribution in [2.45, 2.75) is 6.92 Å². The van der Waals surface area contributed by atoms with E-state index in [0.717, 1.165) is 5.06 Å². The molecule has 0 saturated heterocycles. The van der Waals surface area contributed by atoms with Crippen molar-refractivity contribution >= 4 is 33.6 Å². The quantitative estimate of drug-likeness (QED) is 0.869. The third kappa shape index (κ3) is 3.00. The van der Waals surface area contributed by atoms with Crippen LogP contribution in [0, 0.1) is 0 Å². The van der Waals surface area contributed by atoms with Gasteiger partial charge in [-0.2, -0.15) is 0 Å². The fourth-order valence-electron chi connectivity index (χ4n) is 0.912. The van der Waals surface area contributed by atoms with Crippen molar-refractivity contribution in [2.24, 2.45) is 0 Å². The maximum Gasteiger partial charge on any atom is 0.440 e. The topological polar surface area (TPSA) is 49.8 Å². The standard InChI is InChI=1S/C9H9BrClNO3/c1-2-12(9(13)14)15-7-5-3-4-6(10)8(7)11/h3-5H,2H2,1H3,(H,13,14). The minimum Gasteiger partial charge on any atom is -0.463 e. The summed E-state index contributed by atoms with van der Waals surface area (Å²) >= 11 is 9.12. The van der Waals surface area contributed by atoms with Crippen molar-refractivity contribution in [1.29, 1.82) is 0 Å². The van der Waals surface area contributed by atoms with E-state index in [4.69, 9.17) is 21.5 Å². The Labute approximate surface area is 100 Å². The van der Waals surface area contributed by atoms with Crippen molar-refractivity contribution in [3.05, 3.63) is 27.7 Å². The van der Waals surface area contributed by atoms with Gasteiger partial charge in [0.05, 0.1) is 6.54 Å². The normalized spacial score (nSPS) is 9.80. The first-order valence-electron chi connectivity index (χ1n) is 4.18. The number of carbonyl (C=O) groups is 1. The van der Waals surface area contributed by atoms with Crippen LogP contribution in [0.1, 0.15) is 6.92 Å². The highest BCUT2D eigenvalue weighted by molar-refractivity contribution is 9.10. The SMILES string of the molecule is CCN(Oc1cccc(Br)c1Cl)C(=O)O. The molecule has 0 saturated carbocycles. The van der Waals surface area contributed by atoms with E-state index >= 15 is 0 Å². The van der Waals surface area contributed by atoms with Crippen molar-refractivity contribution in [3.8, 4) is 5.75 Å². The van der Waals surface area contributed by atoms with E-state index in [-0.39, 0.29) is 6.54 Å². The highest BCUT2D eigenvalue weighted by Crippen LogP contribution is 2.32. The lowest BCUT2D eigenvalue weighted by Crippen LogP contribution is -2.32. The Balaban J connectivity index is 2.88. The number of benzene rings is 1. The molecule has 0 radical (unpaired) electrons. The molecular weight excluding hydrogens is 285 g/mol. The fourth-order valence-corrected chi connectivity index (χ4v) is 1.42. The smallest absolute Gasteiger partial charge is 0.440 e. The highest BCUT2D eigenvalue weighted by Gasteiger charge is 2.14. The third-order valence-corrected chi connectivity index (χ3v) is 2.90. The zero-order valence-corrected chi connectivity index (χ0v) is 10.2. The molecule has 6 heteroatoms. The lowest BCUT2D eigenvalue weighted by molar-refractivity contribution is -0.0314. The maximum atomic E-state index is 10.7. The second kappa shape index (κ2) is 5.23. The molecule has 0 fully saturated rings. The van der Waals surface area contributed by atoms with Crippen molar-refractivity contribution < 1.29 is 14.7 Å². The van der Waals surface area contributed by atoms with Gasteiger partial charge in [0.25, 0.3) is 0 Å². The van der Waals surface area contributed by atoms with E-state index < -0.39 is 6.09 Å². The molecule has 0 bridgehead atoms. The molecule has 1 amide bonds. The zero-order valence-electron chi connectivity index (χ0n) is 7.91. The Morgan fingerprint density at radius 2 is 2.33 bits per heavy atom. The lowest BCUT2D eigenvalue weighted by Gasteiger charge is -2.18. The molecule has 4 nitrogen and oxygen atoms in total. The Bertz CT molecular complexity index is 372. The van der Waals surface area contributed by atoms with Crippen LogP contribution in [0.3, 0.4) is 0 Å². The van der Waals surface area contributed by atoms with Crippen molar-refractivity contribution in [1.82, 2.24) is 5.06 Å². The summed E-state index contributed by atoms with van der Waals surface area (Å²) in [7, 11) is 0. The molecular formula is C9H9BrClNO3. The van der Waals surface area contributed by atoms with E-state index in [2.05, 4.69) is 15.9 Å². The van der Waals surface area contributed by atoms with Gasteiger partial charge in [0, 0.05) is 4.47 Å². The van der Waals surface area contributed by atoms with Crippen LogP contribution < -0.4 is 4.84 Å². The number of hydroxylamine groups is 2. The van der Waals surface area contributed by atoms with Gasteiger partial charge < -0.3 is 9.94 Å². The van der Waals surface area contributed by atoms with Crippen LogP contribution >= 0.6 is 27.5 Å². The predicted octanol–water partition coefficient (Wildman–Crippen LogP) is 3.40. The van der Waals surface area contributed by atoms with Gasteiger partial charge in [0.15, 0.2) is 5.75 Å². The number of halogens is 2. The Morgan fingerprint density at radius 1 is 1.67 bits per heavy atom. The van der Waals surface area contributed by atoms with Crippen molar-refractivity contribution in [3.63, 3.8) is 0 Å². The molecule has 1 aromatic carbocycles. The van der Waals surface area contributed by atoms with Crippen LogP contribution in [0.2, 0.25) is 5.02 Å². The molecule has 0 unspecified atom stereocenters. The molecule has 0 spiro atoms. The summed E-state index contributed by atoms with van der Waals surface area (Å²) in [5.74, 6) is 0.301. The van der Waals surface area contributed by atoms with E-state index in [1.165, 1.54) is 0 Å². The third-order valence-electron chi connectivity index (χ3n) is 1.63. The predicted molar refractivity (Wildman–Crippen MR) is 60.2 cm³/mol. The van der Waals surface area contributed by atoms with Crippen LogP contribution in [-0.2, 0) is 0 Å². The van der Waals surface area contributed by atoms with E-state index in [0.29, 0.717) is 15.2 Å². The number of amides is 1. The number of carboxylic acid groups (broad SMARTS) is 1. The van der Waals surface area contributed by atoms with Crippen LogP contribution in [-0.4, -0.2) is 22.8 Å². The number of nitrogens with zero attached hydrogens (tertiary/aromatic N) is 1. The summed E-state index contributed by atoms with van der Waals surface area (Å²) in [6.07, 6.45) is -1.16. The van der Waals surface area contributed by atoms with Crippen molar-refractivity contribution in [2.75, 3.05) is 6.54 Å². The summed E-state index contributed by atoms with van der Waals surface area (Å²) in [6.45, 7) is 1.89. The molecule has 0 aliphatic heterocycles. The lowest BCUT2D eigenvalue weighted by atomic mass is 10.3. The molecule has 0 aliphatic carbocycles. The summed E-state index contributed by atoms with van der Waals surface area (Å²) in [5.41, 5.74) is 0. The Morgan fingerprint density at radius 3 is 2.87 bits per heavy atom. The van der Waals surface area contributed by atoms with Gasteiger partial charge in [-0.05, 0) is 35.0 Å². The van der Waals surface area contributed by atoms with Gasteiger partial charge in [-0.15, -0.1) is 5.06 Å². The molecule has 15 heavy (non-hydrogen) atoms. The van der Waals surface area contributed by atoms with Crippen LogP contribution in [0.4, 0.5) is 4.79 Å². The molecule has 1 aromatic rings. The Hall–Kier alpha value is -0.940. The first kappa shape index (κ1) is 12.1. The largest absolute Gasteiger partial charge is 0.463 e. The monoisotopic (exact) mass is 293 g/mol. The van der Waals surface area contributed by atoms with Crippen LogP contribution in [0.5, 0.6) is 5.75 Å². The summed E-state index contributed by atoms with van der Waals surface area (Å²) in [5, 5.41) is 9.88. The van der Waals surface area contributed by atoms with Gasteiger partial charge >= 0.3 is 6.09 Å². The van der Waals surface area contributed by atoms with E-state index in [1.54, 1.807) is 25.1 Å². The minimum absolute atomic E-state index is 0.220. The highest BCUT2D eigenvalue weighted by atomic mass is 79.9.